The Kier molecular flexibility index (Phi) is 17.5. The number of hydrogen-bond donors (Lipinski definition) is 3. The highest BCUT2D eigenvalue weighted by Crippen LogP contribution is 2.45. The third-order valence-corrected chi connectivity index (χ3v) is 15.8. The highest BCUT2D eigenvalue weighted by atomic mass is 32.1. The number of piperazine rings is 2. The number of halogens is 7. The quantitative estimate of drug-likeness (QED) is 0.145. The van der Waals surface area contributed by atoms with Gasteiger partial charge in [-0.3, -0.25) is 24.5 Å². The van der Waals surface area contributed by atoms with E-state index in [1.54, 1.807) is 44.2 Å². The molecule has 0 saturated carbocycles. The number of nitrogens with zero attached hydrogens (tertiary/aromatic N) is 9. The lowest BCUT2D eigenvalue weighted by Crippen LogP contribution is -2.63. The van der Waals surface area contributed by atoms with Gasteiger partial charge in [0.2, 0.25) is 5.91 Å². The smallest absolute Gasteiger partial charge is 0.375 e. The Bertz CT molecular complexity index is 2760. The molecular weight excluding hydrogens is 1040 g/mol. The van der Waals surface area contributed by atoms with E-state index in [1.807, 2.05) is 25.8 Å². The van der Waals surface area contributed by atoms with E-state index < -0.39 is 79.0 Å². The number of anilines is 1. The van der Waals surface area contributed by atoms with Crippen molar-refractivity contribution in [3.8, 4) is 22.5 Å². The van der Waals surface area contributed by atoms with Gasteiger partial charge in [-0.2, -0.15) is 26.3 Å². The van der Waals surface area contributed by atoms with Crippen molar-refractivity contribution < 1.29 is 59.7 Å². The van der Waals surface area contributed by atoms with E-state index in [0.29, 0.717) is 55.3 Å². The largest absolute Gasteiger partial charge is 0.406 e. The first-order valence-corrected chi connectivity index (χ1v) is 26.9. The summed E-state index contributed by atoms with van der Waals surface area (Å²) in [5.41, 5.74) is 3.53. The summed E-state index contributed by atoms with van der Waals surface area (Å²) in [4.78, 5) is 60.8. The maximum Gasteiger partial charge on any atom is 0.406 e. The van der Waals surface area contributed by atoms with Gasteiger partial charge < -0.3 is 44.1 Å². The fraction of sp³-hybridized carbons (Fsp3) is 0.635. The summed E-state index contributed by atoms with van der Waals surface area (Å²) in [6, 6.07) is 0.776. The second-order valence-electron chi connectivity index (χ2n) is 21.9. The van der Waals surface area contributed by atoms with Gasteiger partial charge in [0, 0.05) is 101 Å². The number of hydrazine groups is 1. The molecule has 0 spiro atoms. The molecule has 4 aliphatic rings. The Balaban J connectivity index is 1.24. The number of amides is 4. The predicted molar refractivity (Wildman–Crippen MR) is 276 cm³/mol. The minimum Gasteiger partial charge on any atom is -0.375 e. The first-order chi connectivity index (χ1) is 36.2. The molecule has 8 rings (SSSR count). The average Bonchev–Trinajstić information content (AvgIpc) is 4.06. The summed E-state index contributed by atoms with van der Waals surface area (Å²) in [6.07, 6.45) is -9.30. The summed E-state index contributed by atoms with van der Waals surface area (Å²) < 4.78 is 115. The number of pyridine rings is 1. The summed E-state index contributed by atoms with van der Waals surface area (Å²) in [5, 5.41) is 18.1. The number of benzene rings is 1. The van der Waals surface area contributed by atoms with Gasteiger partial charge in [-0.05, 0) is 68.3 Å². The summed E-state index contributed by atoms with van der Waals surface area (Å²) in [6.45, 7) is 9.13. The van der Waals surface area contributed by atoms with Crippen LogP contribution in [0.2, 0.25) is 0 Å². The zero-order valence-corrected chi connectivity index (χ0v) is 45.5. The number of alkyl halides is 6. The third-order valence-electron chi connectivity index (χ3n) is 15.0. The maximum atomic E-state index is 17.0. The van der Waals surface area contributed by atoms with Crippen molar-refractivity contribution in [2.75, 3.05) is 98.2 Å². The average molecular weight is 1110 g/mol. The number of rotatable bonds is 10. The van der Waals surface area contributed by atoms with Crippen molar-refractivity contribution in [1.29, 1.82) is 0 Å². The molecule has 4 aromatic rings. The number of aromatic nitrogens is 3. The molecule has 3 N–H and O–H groups in total. The molecule has 0 radical (unpaired) electrons. The highest BCUT2D eigenvalue weighted by Gasteiger charge is 2.41. The van der Waals surface area contributed by atoms with E-state index >= 15 is 17.6 Å². The Labute approximate surface area is 447 Å². The SMILES string of the molecule is CO[C@@H](C)c1ncc(N2CCN(CC(F)(F)F)CC2)cc1-c1c2c3cc(c(F)cc3n1CC(F)(F)F)-c1csc(n1)C[C@H](NC(=O)[C@H](C(C)C)N(C)C(=O)N1CCN(C)CC1)C(=O)N1CCC[C@H](N1)C(O)OCC(C)(C)C2. The van der Waals surface area contributed by atoms with Gasteiger partial charge in [0.05, 0.1) is 64.8 Å². The zero-order chi connectivity index (χ0) is 55.9. The lowest BCUT2D eigenvalue weighted by atomic mass is 9.84. The molecule has 3 saturated heterocycles. The van der Waals surface area contributed by atoms with Crippen molar-refractivity contribution in [2.45, 2.75) is 110 Å². The predicted octanol–water partition coefficient (Wildman–Crippen LogP) is 6.68. The molecular formula is C52H70F7N11O6S. The van der Waals surface area contributed by atoms with Gasteiger partial charge in [-0.15, -0.1) is 11.3 Å². The number of ether oxygens (including phenoxy) is 2. The van der Waals surface area contributed by atoms with E-state index in [4.69, 9.17) is 19.4 Å². The van der Waals surface area contributed by atoms with Crippen LogP contribution in [0.1, 0.15) is 69.8 Å². The first-order valence-electron chi connectivity index (χ1n) is 26.0. The van der Waals surface area contributed by atoms with Gasteiger partial charge in [0.1, 0.15) is 24.4 Å². The molecule has 4 amide bonds. The summed E-state index contributed by atoms with van der Waals surface area (Å²) >= 11 is 1.10. The number of hydrogen-bond acceptors (Lipinski definition) is 13. The van der Waals surface area contributed by atoms with Crippen LogP contribution in [0.25, 0.3) is 33.4 Å². The molecule has 1 aromatic carbocycles. The van der Waals surface area contributed by atoms with Crippen molar-refractivity contribution >= 4 is 45.8 Å². The molecule has 77 heavy (non-hydrogen) atoms. The topological polar surface area (TPSA) is 164 Å². The van der Waals surface area contributed by atoms with E-state index in [1.165, 1.54) is 34.2 Å². The number of nitrogens with one attached hydrogen (secondary N) is 2. The van der Waals surface area contributed by atoms with Crippen LogP contribution in [0, 0.1) is 17.2 Å². The minimum atomic E-state index is -4.83. The summed E-state index contributed by atoms with van der Waals surface area (Å²) in [5.74, 6) is -2.41. The van der Waals surface area contributed by atoms with Crippen molar-refractivity contribution in [1.82, 2.24) is 49.9 Å². The number of fused-ring (bicyclic) bond motifs is 6. The molecule has 17 nitrogen and oxygen atoms in total. The summed E-state index contributed by atoms with van der Waals surface area (Å²) in [7, 11) is 4.95. The fourth-order valence-corrected chi connectivity index (χ4v) is 11.7. The molecule has 25 heteroatoms. The third kappa shape index (κ3) is 13.5. The van der Waals surface area contributed by atoms with Gasteiger partial charge in [-0.25, -0.2) is 19.6 Å². The van der Waals surface area contributed by atoms with Crippen LogP contribution < -0.4 is 15.6 Å². The normalized spacial score (nSPS) is 22.3. The van der Waals surface area contributed by atoms with Crippen molar-refractivity contribution in [2.24, 2.45) is 11.3 Å². The van der Waals surface area contributed by atoms with Gasteiger partial charge in [-0.1, -0.05) is 27.7 Å². The number of urea groups is 1. The molecule has 3 fully saturated rings. The van der Waals surface area contributed by atoms with E-state index in [2.05, 4.69) is 15.6 Å². The molecule has 5 atom stereocenters. The van der Waals surface area contributed by atoms with Crippen molar-refractivity contribution in [3.05, 3.63) is 51.9 Å². The standard InChI is InChI=1S/C52H70F7N11O6S/c1-30(2)44(65(7)49(74)68-16-12-64(6)13-17-68)46(71)62-39-23-42-61-40(26-77-42)34-21-33-36(24-50(4,5)29-76-48(73)38-10-9-11-70(63-38)47(39)72)45(69(28-52(57,58)59)41(33)22-37(34)53)35-20-32(25-60-43(35)31(3)75-8)67-18-14-66(15-19-67)27-51(54,55)56/h20-22,25-26,30-31,38-39,44,48,63,73H,9-19,23-24,27-29H2,1-8H3,(H,62,71)/t31-,38-,39-,44-,48?/m0/s1. The van der Waals surface area contributed by atoms with Crippen LogP contribution in [-0.4, -0.2) is 192 Å². The zero-order valence-electron chi connectivity index (χ0n) is 44.7. The van der Waals surface area contributed by atoms with Crippen LogP contribution in [-0.2, 0) is 38.4 Å². The first kappa shape index (κ1) is 58.0. The van der Waals surface area contributed by atoms with Gasteiger partial charge >= 0.3 is 18.4 Å². The number of aliphatic hydroxyl groups is 1. The van der Waals surface area contributed by atoms with Gasteiger partial charge in [0.25, 0.3) is 5.91 Å². The van der Waals surface area contributed by atoms with E-state index in [-0.39, 0.29) is 103 Å². The Hall–Kier alpha value is -5.18. The molecule has 1 unspecified atom stereocenters. The van der Waals surface area contributed by atoms with Crippen LogP contribution in [0.4, 0.5) is 41.2 Å². The number of methoxy groups -OCH3 is 1. The second kappa shape index (κ2) is 23.3. The van der Waals surface area contributed by atoms with Crippen molar-refractivity contribution in [3.63, 3.8) is 0 Å². The Morgan fingerprint density at radius 1 is 0.987 bits per heavy atom. The number of thiazole rings is 1. The molecule has 7 heterocycles. The van der Waals surface area contributed by atoms with Crippen LogP contribution in [0.5, 0.6) is 0 Å². The van der Waals surface area contributed by atoms with Crippen LogP contribution >= 0.6 is 11.3 Å². The number of carbonyl (C=O) groups excluding carboxylic acids is 3. The molecule has 424 valence electrons. The van der Waals surface area contributed by atoms with E-state index in [9.17, 15) is 32.7 Å². The molecule has 4 aliphatic heterocycles. The van der Waals surface area contributed by atoms with E-state index in [0.717, 1.165) is 22.0 Å². The lowest BCUT2D eigenvalue weighted by molar-refractivity contribution is -0.164. The monoisotopic (exact) mass is 1110 g/mol. The molecule has 6 bridgehead atoms. The number of likely N-dealkylation sites (N-methyl/N-ethyl adjacent to an activating group) is 2. The van der Waals surface area contributed by atoms with Crippen LogP contribution in [0.15, 0.2) is 29.8 Å². The van der Waals surface area contributed by atoms with Crippen LogP contribution in [0.3, 0.4) is 0 Å². The Morgan fingerprint density at radius 3 is 2.32 bits per heavy atom. The second-order valence-corrected chi connectivity index (χ2v) is 22.9. The molecule has 3 aromatic heterocycles. The lowest BCUT2D eigenvalue weighted by Gasteiger charge is -2.39. The maximum absolute atomic E-state index is 17.0. The van der Waals surface area contributed by atoms with Gasteiger partial charge in [0.15, 0.2) is 6.29 Å². The molecule has 0 aliphatic carbocycles. The number of aliphatic hydroxyl groups excluding tert-OH is 1. The Morgan fingerprint density at radius 2 is 1.68 bits per heavy atom. The highest BCUT2D eigenvalue weighted by molar-refractivity contribution is 7.10. The number of carbonyl (C=O) groups is 3. The minimum absolute atomic E-state index is 0.0164. The fourth-order valence-electron chi connectivity index (χ4n) is 10.9.